The van der Waals surface area contributed by atoms with Crippen molar-refractivity contribution in [2.24, 2.45) is 0 Å². The normalized spacial score (nSPS) is 10.3. The van der Waals surface area contributed by atoms with Gasteiger partial charge in [0.05, 0.1) is 10.6 Å². The van der Waals surface area contributed by atoms with Gasteiger partial charge in [0.2, 0.25) is 12.3 Å². The molecule has 0 aliphatic carbocycles. The fourth-order valence-corrected chi connectivity index (χ4v) is 3.07. The first-order valence-corrected chi connectivity index (χ1v) is 7.16. The summed E-state index contributed by atoms with van der Waals surface area (Å²) in [6, 6.07) is 17.0. The molecule has 0 aliphatic rings. The highest BCUT2D eigenvalue weighted by Crippen LogP contribution is 2.40. The van der Waals surface area contributed by atoms with Crippen LogP contribution >= 0.6 is 11.3 Å². The molecular formula is C16H12N2O2S. The van der Waals surface area contributed by atoms with Crippen LogP contribution in [0.3, 0.4) is 0 Å². The van der Waals surface area contributed by atoms with Crippen molar-refractivity contribution in [2.45, 2.75) is 0 Å². The van der Waals surface area contributed by atoms with E-state index in [2.05, 4.69) is 10.3 Å². The number of nitrogens with zero attached hydrogens (tertiary/aromatic N) is 1. The summed E-state index contributed by atoms with van der Waals surface area (Å²) in [6.45, 7) is 0. The zero-order chi connectivity index (χ0) is 14.7. The molecule has 3 rings (SSSR count). The largest absolute Gasteiger partial charge is 0.492 e. The molecule has 0 aliphatic heterocycles. The van der Waals surface area contributed by atoms with Gasteiger partial charge in [-0.2, -0.15) is 0 Å². The zero-order valence-electron chi connectivity index (χ0n) is 11.0. The van der Waals surface area contributed by atoms with Crippen molar-refractivity contribution in [3.8, 4) is 26.9 Å². The highest BCUT2D eigenvalue weighted by Gasteiger charge is 2.15. The van der Waals surface area contributed by atoms with Crippen molar-refractivity contribution in [3.05, 3.63) is 54.6 Å². The average molecular weight is 296 g/mol. The molecule has 1 amide bonds. The number of hydrogen-bond acceptors (Lipinski definition) is 4. The summed E-state index contributed by atoms with van der Waals surface area (Å²) in [5.41, 5.74) is 2.37. The number of benzene rings is 2. The SMILES string of the molecule is O=CNc1ccccc1-c1nc(O)c(-c2ccccc2)s1. The maximum atomic E-state index is 10.7. The molecule has 2 aromatic carbocycles. The number of aromatic nitrogens is 1. The van der Waals surface area contributed by atoms with Crippen LogP contribution in [0.2, 0.25) is 0 Å². The van der Waals surface area contributed by atoms with Crippen LogP contribution in [0.4, 0.5) is 5.69 Å². The van der Waals surface area contributed by atoms with Gasteiger partial charge in [-0.1, -0.05) is 42.5 Å². The number of para-hydroxylation sites is 1. The molecule has 0 radical (unpaired) electrons. The zero-order valence-corrected chi connectivity index (χ0v) is 11.8. The third-order valence-electron chi connectivity index (χ3n) is 3.02. The van der Waals surface area contributed by atoms with E-state index in [-0.39, 0.29) is 5.88 Å². The van der Waals surface area contributed by atoms with Gasteiger partial charge in [0, 0.05) is 5.56 Å². The van der Waals surface area contributed by atoms with E-state index in [0.29, 0.717) is 22.0 Å². The highest BCUT2D eigenvalue weighted by atomic mass is 32.1. The van der Waals surface area contributed by atoms with Crippen LogP contribution in [-0.2, 0) is 4.79 Å². The maximum absolute atomic E-state index is 10.7. The van der Waals surface area contributed by atoms with Crippen LogP contribution in [0.15, 0.2) is 54.6 Å². The quantitative estimate of drug-likeness (QED) is 0.721. The summed E-state index contributed by atoms with van der Waals surface area (Å²) in [4.78, 5) is 15.6. The van der Waals surface area contributed by atoms with Gasteiger partial charge >= 0.3 is 0 Å². The summed E-state index contributed by atoms with van der Waals surface area (Å²) >= 11 is 1.39. The van der Waals surface area contributed by atoms with Gasteiger partial charge in [0.1, 0.15) is 5.01 Å². The second-order valence-corrected chi connectivity index (χ2v) is 5.34. The van der Waals surface area contributed by atoms with Crippen LogP contribution in [0, 0.1) is 0 Å². The molecule has 3 aromatic rings. The standard InChI is InChI=1S/C16H12N2O2S/c19-10-17-13-9-5-4-8-12(13)16-18-15(20)14(21-16)11-6-2-1-3-7-11/h1-10,20H,(H,17,19). The maximum Gasteiger partial charge on any atom is 0.230 e. The minimum absolute atomic E-state index is 0.00195. The Kier molecular flexibility index (Phi) is 3.66. The number of nitrogens with one attached hydrogen (secondary N) is 1. The van der Waals surface area contributed by atoms with Crippen molar-refractivity contribution >= 4 is 23.4 Å². The van der Waals surface area contributed by atoms with E-state index in [1.165, 1.54) is 11.3 Å². The van der Waals surface area contributed by atoms with Crippen molar-refractivity contribution in [1.82, 2.24) is 4.98 Å². The van der Waals surface area contributed by atoms with E-state index < -0.39 is 0 Å². The molecule has 1 heterocycles. The van der Waals surface area contributed by atoms with Crippen LogP contribution < -0.4 is 5.32 Å². The molecule has 21 heavy (non-hydrogen) atoms. The van der Waals surface area contributed by atoms with Crippen LogP contribution in [-0.4, -0.2) is 16.5 Å². The summed E-state index contributed by atoms with van der Waals surface area (Å²) in [5.74, 6) is 0.00195. The number of carbonyl (C=O) groups is 1. The number of thiazole rings is 1. The number of carbonyl (C=O) groups excluding carboxylic acids is 1. The Bertz CT molecular complexity index is 769. The Balaban J connectivity index is 2.08. The molecule has 0 fully saturated rings. The summed E-state index contributed by atoms with van der Waals surface area (Å²) in [7, 11) is 0. The monoisotopic (exact) mass is 296 g/mol. The lowest BCUT2D eigenvalue weighted by molar-refractivity contribution is -0.105. The third-order valence-corrected chi connectivity index (χ3v) is 4.14. The van der Waals surface area contributed by atoms with Gasteiger partial charge in [0.15, 0.2) is 0 Å². The molecule has 5 heteroatoms. The van der Waals surface area contributed by atoms with Gasteiger partial charge < -0.3 is 10.4 Å². The Morgan fingerprint density at radius 3 is 2.52 bits per heavy atom. The second kappa shape index (κ2) is 5.76. The molecule has 0 saturated heterocycles. The summed E-state index contributed by atoms with van der Waals surface area (Å²) in [5, 5.41) is 13.4. The molecule has 0 atom stereocenters. The topological polar surface area (TPSA) is 62.2 Å². The molecular weight excluding hydrogens is 284 g/mol. The second-order valence-electron chi connectivity index (χ2n) is 4.35. The summed E-state index contributed by atoms with van der Waals surface area (Å²) < 4.78 is 0. The van der Waals surface area contributed by atoms with Crippen LogP contribution in [0.25, 0.3) is 21.0 Å². The summed E-state index contributed by atoms with van der Waals surface area (Å²) in [6.07, 6.45) is 0.629. The van der Waals surface area contributed by atoms with Crippen molar-refractivity contribution in [3.63, 3.8) is 0 Å². The molecule has 0 spiro atoms. The number of rotatable bonds is 4. The minimum atomic E-state index is 0.00195. The van der Waals surface area contributed by atoms with Crippen molar-refractivity contribution < 1.29 is 9.90 Å². The first kappa shape index (κ1) is 13.3. The minimum Gasteiger partial charge on any atom is -0.492 e. The van der Waals surface area contributed by atoms with Gasteiger partial charge in [-0.05, 0) is 17.7 Å². The predicted molar refractivity (Wildman–Crippen MR) is 84.3 cm³/mol. The Morgan fingerprint density at radius 1 is 1.05 bits per heavy atom. The van der Waals surface area contributed by atoms with E-state index in [1.54, 1.807) is 6.07 Å². The smallest absolute Gasteiger partial charge is 0.230 e. The predicted octanol–water partition coefficient (Wildman–Crippen LogP) is 3.75. The van der Waals surface area contributed by atoms with Gasteiger partial charge in [0.25, 0.3) is 0 Å². The lowest BCUT2D eigenvalue weighted by Crippen LogP contribution is -1.95. The fraction of sp³-hybridized carbons (Fsp3) is 0. The molecule has 0 bridgehead atoms. The molecule has 2 N–H and O–H groups in total. The van der Waals surface area contributed by atoms with E-state index in [1.807, 2.05) is 48.5 Å². The molecule has 0 unspecified atom stereocenters. The van der Waals surface area contributed by atoms with E-state index in [0.717, 1.165) is 11.1 Å². The Hall–Kier alpha value is -2.66. The van der Waals surface area contributed by atoms with Crippen molar-refractivity contribution in [1.29, 1.82) is 0 Å². The van der Waals surface area contributed by atoms with E-state index >= 15 is 0 Å². The van der Waals surface area contributed by atoms with E-state index in [9.17, 15) is 9.90 Å². The Labute approximate surface area is 125 Å². The molecule has 0 saturated carbocycles. The fourth-order valence-electron chi connectivity index (χ4n) is 2.06. The number of amides is 1. The number of aromatic hydroxyl groups is 1. The van der Waals surface area contributed by atoms with Crippen LogP contribution in [0.5, 0.6) is 5.88 Å². The highest BCUT2D eigenvalue weighted by molar-refractivity contribution is 7.18. The first-order chi connectivity index (χ1) is 10.3. The third kappa shape index (κ3) is 2.64. The average Bonchev–Trinajstić information content (AvgIpc) is 2.91. The van der Waals surface area contributed by atoms with E-state index in [4.69, 9.17) is 0 Å². The lowest BCUT2D eigenvalue weighted by Gasteiger charge is -2.04. The van der Waals surface area contributed by atoms with Gasteiger partial charge in [-0.15, -0.1) is 11.3 Å². The lowest BCUT2D eigenvalue weighted by atomic mass is 10.2. The molecule has 104 valence electrons. The van der Waals surface area contributed by atoms with Crippen molar-refractivity contribution in [2.75, 3.05) is 5.32 Å². The first-order valence-electron chi connectivity index (χ1n) is 6.34. The van der Waals surface area contributed by atoms with Gasteiger partial charge in [-0.25, -0.2) is 4.98 Å². The number of hydrogen-bond donors (Lipinski definition) is 2. The Morgan fingerprint density at radius 2 is 1.76 bits per heavy atom. The molecule has 1 aromatic heterocycles. The van der Waals surface area contributed by atoms with Crippen LogP contribution in [0.1, 0.15) is 0 Å². The van der Waals surface area contributed by atoms with Gasteiger partial charge in [-0.3, -0.25) is 4.79 Å². The molecule has 4 nitrogen and oxygen atoms in total. The number of anilines is 1.